The molecule has 31 heavy (non-hydrogen) atoms. The number of fused-ring (bicyclic) bond motifs is 2. The number of nitro benzene ring substituents is 1. The second-order valence-corrected chi connectivity index (χ2v) is 8.22. The molecule has 0 radical (unpaired) electrons. The highest BCUT2D eigenvalue weighted by atomic mass is 16.6. The van der Waals surface area contributed by atoms with E-state index in [-0.39, 0.29) is 42.2 Å². The van der Waals surface area contributed by atoms with Crippen LogP contribution in [0.15, 0.2) is 27.4 Å². The third-order valence-corrected chi connectivity index (χ3v) is 6.48. The Morgan fingerprint density at radius 3 is 2.81 bits per heavy atom. The van der Waals surface area contributed by atoms with Crippen LogP contribution in [0, 0.1) is 16.0 Å². The Morgan fingerprint density at radius 2 is 2.06 bits per heavy atom. The van der Waals surface area contributed by atoms with Gasteiger partial charge in [-0.25, -0.2) is 9.59 Å². The van der Waals surface area contributed by atoms with Gasteiger partial charge in [0.2, 0.25) is 5.91 Å². The fraction of sp³-hybridized carbons (Fsp3) is 0.571. The third kappa shape index (κ3) is 3.94. The van der Waals surface area contributed by atoms with Crippen molar-refractivity contribution in [2.75, 3.05) is 7.11 Å². The van der Waals surface area contributed by atoms with E-state index in [0.717, 1.165) is 25.7 Å². The minimum atomic E-state index is -0.621. The summed E-state index contributed by atoms with van der Waals surface area (Å²) >= 11 is 0. The molecule has 0 spiro atoms. The van der Waals surface area contributed by atoms with Gasteiger partial charge >= 0.3 is 11.7 Å². The van der Waals surface area contributed by atoms with Crippen LogP contribution >= 0.6 is 0 Å². The van der Waals surface area contributed by atoms with E-state index >= 15 is 0 Å². The van der Waals surface area contributed by atoms with Crippen LogP contribution in [-0.2, 0) is 20.9 Å². The quantitative estimate of drug-likeness (QED) is 0.391. The zero-order chi connectivity index (χ0) is 22.1. The highest BCUT2D eigenvalue weighted by molar-refractivity contribution is 5.85. The molecule has 1 aliphatic carbocycles. The molecule has 1 aliphatic heterocycles. The minimum Gasteiger partial charge on any atom is -0.467 e. The van der Waals surface area contributed by atoms with Gasteiger partial charge in [-0.3, -0.25) is 19.5 Å². The normalized spacial score (nSPS) is 23.0. The van der Waals surface area contributed by atoms with Crippen molar-refractivity contribution in [2.45, 2.75) is 63.6 Å². The molecule has 2 aromatic rings. The van der Waals surface area contributed by atoms with Gasteiger partial charge in [-0.15, -0.1) is 0 Å². The number of likely N-dealkylation sites (tertiary alicyclic amines) is 1. The lowest BCUT2D eigenvalue weighted by Gasteiger charge is -2.33. The molecular formula is C21H25N3O7. The van der Waals surface area contributed by atoms with E-state index < -0.39 is 16.7 Å². The van der Waals surface area contributed by atoms with Gasteiger partial charge in [0.25, 0.3) is 5.69 Å². The first-order chi connectivity index (χ1) is 14.9. The van der Waals surface area contributed by atoms with Crippen molar-refractivity contribution in [2.24, 2.45) is 5.92 Å². The van der Waals surface area contributed by atoms with Crippen LogP contribution in [0.25, 0.3) is 11.1 Å². The monoisotopic (exact) mass is 431 g/mol. The molecule has 10 nitrogen and oxygen atoms in total. The Bertz CT molecular complexity index is 1070. The van der Waals surface area contributed by atoms with E-state index in [0.29, 0.717) is 24.3 Å². The number of benzene rings is 1. The number of ether oxygens (including phenoxy) is 1. The maximum absolute atomic E-state index is 13.1. The van der Waals surface area contributed by atoms with Crippen molar-refractivity contribution in [3.8, 4) is 0 Å². The lowest BCUT2D eigenvalue weighted by molar-refractivity contribution is -0.384. The molecule has 0 N–H and O–H groups in total. The van der Waals surface area contributed by atoms with Gasteiger partial charge in [-0.05, 0) is 37.7 Å². The van der Waals surface area contributed by atoms with Crippen LogP contribution < -0.4 is 5.76 Å². The Balaban J connectivity index is 1.46. The largest absolute Gasteiger partial charge is 0.467 e. The average molecular weight is 431 g/mol. The van der Waals surface area contributed by atoms with Gasteiger partial charge in [-0.2, -0.15) is 0 Å². The Morgan fingerprint density at radius 1 is 1.29 bits per heavy atom. The fourth-order valence-electron chi connectivity index (χ4n) is 5.06. The van der Waals surface area contributed by atoms with Gasteiger partial charge in [0.05, 0.1) is 23.6 Å². The van der Waals surface area contributed by atoms with Crippen LogP contribution in [0.5, 0.6) is 0 Å². The summed E-state index contributed by atoms with van der Waals surface area (Å²) in [5.41, 5.74) is 0.429. The lowest BCUT2D eigenvalue weighted by Crippen LogP contribution is -2.46. The van der Waals surface area contributed by atoms with Gasteiger partial charge < -0.3 is 14.1 Å². The molecule has 166 valence electrons. The van der Waals surface area contributed by atoms with E-state index in [4.69, 9.17) is 9.15 Å². The zero-order valence-electron chi connectivity index (χ0n) is 17.3. The maximum Gasteiger partial charge on any atom is 0.419 e. The van der Waals surface area contributed by atoms with Crippen LogP contribution in [0.3, 0.4) is 0 Å². The predicted molar refractivity (Wildman–Crippen MR) is 109 cm³/mol. The van der Waals surface area contributed by atoms with Gasteiger partial charge in [0, 0.05) is 25.1 Å². The van der Waals surface area contributed by atoms with Crippen LogP contribution in [-0.4, -0.2) is 45.5 Å². The predicted octanol–water partition coefficient (Wildman–Crippen LogP) is 2.62. The molecule has 2 heterocycles. The summed E-state index contributed by atoms with van der Waals surface area (Å²) < 4.78 is 11.4. The standard InChI is InChI=1S/C21H25N3O7/c1-30-20(26)17-11-13-5-2-3-6-15(13)23(17)19(25)7-4-10-22-16-9-8-14(24(28)29)12-18(16)31-21(22)27/h8-9,12-13,15,17H,2-7,10-11H2,1H3/t13-,15+,17+/m1/s1. The summed E-state index contributed by atoms with van der Waals surface area (Å²) in [6.45, 7) is 0.236. The Labute approximate surface area is 177 Å². The Kier molecular flexibility index (Phi) is 5.79. The van der Waals surface area contributed by atoms with E-state index in [9.17, 15) is 24.5 Å². The number of aryl methyl sites for hydroxylation is 1. The van der Waals surface area contributed by atoms with E-state index in [1.165, 1.54) is 29.9 Å². The first-order valence-electron chi connectivity index (χ1n) is 10.6. The van der Waals surface area contributed by atoms with Crippen molar-refractivity contribution >= 4 is 28.7 Å². The molecule has 4 rings (SSSR count). The molecule has 1 saturated carbocycles. The third-order valence-electron chi connectivity index (χ3n) is 6.48. The van der Waals surface area contributed by atoms with E-state index in [1.807, 2.05) is 0 Å². The second-order valence-electron chi connectivity index (χ2n) is 8.22. The number of methoxy groups -OCH3 is 1. The van der Waals surface area contributed by atoms with Gasteiger partial charge in [-0.1, -0.05) is 12.8 Å². The number of hydrogen-bond donors (Lipinski definition) is 0. The van der Waals surface area contributed by atoms with Crippen LogP contribution in [0.2, 0.25) is 0 Å². The fourth-order valence-corrected chi connectivity index (χ4v) is 5.06. The maximum atomic E-state index is 13.1. The first-order valence-corrected chi connectivity index (χ1v) is 10.6. The highest BCUT2D eigenvalue weighted by Crippen LogP contribution is 2.40. The number of amides is 1. The summed E-state index contributed by atoms with van der Waals surface area (Å²) in [6.07, 6.45) is 5.29. The van der Waals surface area contributed by atoms with Crippen molar-refractivity contribution in [1.29, 1.82) is 0 Å². The zero-order valence-corrected chi connectivity index (χ0v) is 17.3. The average Bonchev–Trinajstić information content (AvgIpc) is 3.30. The molecule has 1 saturated heterocycles. The lowest BCUT2D eigenvalue weighted by atomic mass is 9.84. The Hall–Kier alpha value is -3.17. The van der Waals surface area contributed by atoms with Gasteiger partial charge in [0.1, 0.15) is 6.04 Å². The molecule has 0 unspecified atom stereocenters. The number of esters is 1. The summed E-state index contributed by atoms with van der Waals surface area (Å²) in [6, 6.07) is 3.53. The number of aromatic nitrogens is 1. The first kappa shape index (κ1) is 21.1. The molecule has 10 heteroatoms. The topological polar surface area (TPSA) is 125 Å². The summed E-state index contributed by atoms with van der Waals surface area (Å²) in [7, 11) is 1.34. The second kappa shape index (κ2) is 8.52. The number of carbonyl (C=O) groups is 2. The van der Waals surface area contributed by atoms with Crippen LogP contribution in [0.4, 0.5) is 5.69 Å². The molecule has 2 aliphatic rings. The molecule has 1 aromatic carbocycles. The van der Waals surface area contributed by atoms with E-state index in [1.54, 1.807) is 4.90 Å². The smallest absolute Gasteiger partial charge is 0.419 e. The molecule has 3 atom stereocenters. The van der Waals surface area contributed by atoms with E-state index in [2.05, 4.69) is 0 Å². The van der Waals surface area contributed by atoms with Gasteiger partial charge in [0.15, 0.2) is 5.58 Å². The number of rotatable bonds is 6. The summed E-state index contributed by atoms with van der Waals surface area (Å²) in [4.78, 5) is 49.6. The molecule has 2 fully saturated rings. The molecular weight excluding hydrogens is 406 g/mol. The molecule has 1 amide bonds. The number of carbonyl (C=O) groups excluding carboxylic acids is 2. The molecule has 0 bridgehead atoms. The van der Waals surface area contributed by atoms with Crippen molar-refractivity contribution in [1.82, 2.24) is 9.47 Å². The highest BCUT2D eigenvalue weighted by Gasteiger charge is 2.47. The summed E-state index contributed by atoms with van der Waals surface area (Å²) in [5, 5.41) is 10.9. The molecule has 1 aromatic heterocycles. The van der Waals surface area contributed by atoms with Crippen LogP contribution in [0.1, 0.15) is 44.9 Å². The number of oxazole rings is 1. The number of nitrogens with zero attached hydrogens (tertiary/aromatic N) is 3. The van der Waals surface area contributed by atoms with Crippen molar-refractivity contribution in [3.05, 3.63) is 38.9 Å². The SMILES string of the molecule is COC(=O)[C@@H]1C[C@H]2CCCC[C@@H]2N1C(=O)CCCn1c(=O)oc2cc([N+](=O)[O-])ccc21. The number of nitro groups is 1. The van der Waals surface area contributed by atoms with Crippen molar-refractivity contribution < 1.29 is 23.7 Å². The number of non-ortho nitro benzene ring substituents is 1. The summed E-state index contributed by atoms with van der Waals surface area (Å²) in [5.74, 6) is -0.774. The minimum absolute atomic E-state index is 0.0726. The van der Waals surface area contributed by atoms with Crippen molar-refractivity contribution in [3.63, 3.8) is 0 Å². The number of hydrogen-bond acceptors (Lipinski definition) is 7.